The molecule has 1 aromatic heterocycles. The summed E-state index contributed by atoms with van der Waals surface area (Å²) in [7, 11) is 8.15. The molecule has 19 heteroatoms. The van der Waals surface area contributed by atoms with Gasteiger partial charge in [0, 0.05) is 85.3 Å². The average Bonchev–Trinajstić information content (AvgIpc) is 3.30. The Morgan fingerprint density at radius 1 is 0.957 bits per heavy atom. The molecule has 0 aromatic carbocycles. The zero-order valence-corrected chi connectivity index (χ0v) is 44.0. The van der Waals surface area contributed by atoms with Gasteiger partial charge in [-0.1, -0.05) is 20.8 Å². The van der Waals surface area contributed by atoms with E-state index in [9.17, 15) is 29.4 Å². The molecule has 0 aliphatic carbocycles. The van der Waals surface area contributed by atoms with Gasteiger partial charge in [0.05, 0.1) is 43.0 Å². The van der Waals surface area contributed by atoms with E-state index < -0.39 is 121 Å². The predicted molar refractivity (Wildman–Crippen MR) is 256 cm³/mol. The van der Waals surface area contributed by atoms with Gasteiger partial charge in [-0.2, -0.15) is 0 Å². The average molecular weight is 996 g/mol. The summed E-state index contributed by atoms with van der Waals surface area (Å²) in [5.74, 6) is -3.91. The molecule has 0 unspecified atom stereocenters. The molecule has 3 saturated heterocycles. The number of carbonyl (C=O) groups excluding carboxylic acids is 4. The molecule has 0 bridgehead atoms. The van der Waals surface area contributed by atoms with Crippen LogP contribution in [0.25, 0.3) is 0 Å². The number of ether oxygens (including phenoxy) is 10. The van der Waals surface area contributed by atoms with Crippen LogP contribution in [0.2, 0.25) is 0 Å². The van der Waals surface area contributed by atoms with E-state index >= 15 is 0 Å². The SMILES string of the molecule is CCC(=O)O[C@@H]1CC(=O)O[C@H](C)CCN(CCCc2ccncc2)C[C@H](O)[C@H](C)C[C@H](CC(OC)OC)[C@H]([C@@H]2O[C@H](C)[C@@H](O[C@@H]3C[C@@](C)(OC(C)=O)[C@@H](OC(=O)CC)[C@H](C)O3)[C@H](N(C)C)[C@H]2O)[C@@H]1OC. The molecule has 1 aromatic rings. The molecular formula is C51H85N3O16. The van der Waals surface area contributed by atoms with Crippen molar-refractivity contribution in [3.8, 4) is 0 Å². The maximum Gasteiger partial charge on any atom is 0.309 e. The van der Waals surface area contributed by atoms with E-state index in [0.717, 1.165) is 18.4 Å². The van der Waals surface area contributed by atoms with E-state index in [1.54, 1.807) is 40.1 Å². The highest BCUT2D eigenvalue weighted by molar-refractivity contribution is 5.73. The van der Waals surface area contributed by atoms with Crippen LogP contribution >= 0.6 is 0 Å². The van der Waals surface area contributed by atoms with E-state index in [4.69, 9.17) is 47.4 Å². The van der Waals surface area contributed by atoms with Gasteiger partial charge in [-0.3, -0.25) is 24.2 Å². The van der Waals surface area contributed by atoms with Crippen LogP contribution in [0, 0.1) is 17.8 Å². The minimum atomic E-state index is -1.32. The van der Waals surface area contributed by atoms with Crippen molar-refractivity contribution in [2.45, 2.75) is 198 Å². The fourth-order valence-electron chi connectivity index (χ4n) is 10.6. The van der Waals surface area contributed by atoms with Crippen molar-refractivity contribution in [1.82, 2.24) is 14.8 Å². The number of hydrogen-bond donors (Lipinski definition) is 2. The zero-order valence-electron chi connectivity index (χ0n) is 44.0. The highest BCUT2D eigenvalue weighted by Gasteiger charge is 2.56. The third kappa shape index (κ3) is 16.6. The Morgan fingerprint density at radius 2 is 1.61 bits per heavy atom. The largest absolute Gasteiger partial charge is 0.463 e. The molecule has 2 N–H and O–H groups in total. The van der Waals surface area contributed by atoms with Crippen LogP contribution in [0.1, 0.15) is 112 Å². The maximum atomic E-state index is 14.0. The second-order valence-electron chi connectivity index (χ2n) is 19.9. The van der Waals surface area contributed by atoms with Crippen LogP contribution in [0.3, 0.4) is 0 Å². The summed E-state index contributed by atoms with van der Waals surface area (Å²) in [6, 6.07) is 3.21. The predicted octanol–water partition coefficient (Wildman–Crippen LogP) is 4.25. The number of aromatic nitrogens is 1. The van der Waals surface area contributed by atoms with Crippen molar-refractivity contribution in [2.75, 3.05) is 55.1 Å². The van der Waals surface area contributed by atoms with Crippen molar-refractivity contribution in [3.63, 3.8) is 0 Å². The zero-order chi connectivity index (χ0) is 51.9. The third-order valence-corrected chi connectivity index (χ3v) is 14.2. The van der Waals surface area contributed by atoms with E-state index in [1.165, 1.54) is 28.3 Å². The van der Waals surface area contributed by atoms with Crippen molar-refractivity contribution < 1.29 is 76.8 Å². The standard InChI is InChI=1S/C51H85N3O16/c1-14-39(57)67-38-27-41(59)64-31(4)20-24-54(23-16-17-35-18-21-52-22-19-35)29-37(56)30(3)25-36(26-42(61-11)62-12)44(48(38)63-13)49-46(60)45(53(9)10)47(32(5)66-49)69-43-28-51(8,70-34(7)55)50(33(6)65-43)68-40(58)15-2/h18-19,21-22,30-33,36-38,42-50,56,60H,14-17,20,23-29H2,1-13H3/t30-,31-,32-,33+,36-,37+,38-,43-,44+,45-,46-,47-,48-,49+,50+,51-/m1/s1. The Morgan fingerprint density at radius 3 is 2.21 bits per heavy atom. The Balaban J connectivity index is 1.79. The molecular weight excluding hydrogens is 911 g/mol. The lowest BCUT2D eigenvalue weighted by Crippen LogP contribution is -2.67. The van der Waals surface area contributed by atoms with Crippen molar-refractivity contribution >= 4 is 23.9 Å². The molecule has 4 heterocycles. The van der Waals surface area contributed by atoms with Crippen LogP contribution in [0.15, 0.2) is 24.5 Å². The summed E-state index contributed by atoms with van der Waals surface area (Å²) in [6.07, 6.45) is -4.93. The van der Waals surface area contributed by atoms with Gasteiger partial charge in [-0.05, 0) is 104 Å². The van der Waals surface area contributed by atoms with Crippen LogP contribution in [-0.2, 0) is 73.0 Å². The number of esters is 4. The number of cyclic esters (lactones) is 1. The number of aliphatic hydroxyl groups is 2. The number of nitrogens with zero attached hydrogens (tertiary/aromatic N) is 3. The van der Waals surface area contributed by atoms with Gasteiger partial charge in [-0.25, -0.2) is 0 Å². The summed E-state index contributed by atoms with van der Waals surface area (Å²) >= 11 is 0. The number of rotatable bonds is 18. The first-order chi connectivity index (χ1) is 33.2. The highest BCUT2D eigenvalue weighted by atomic mass is 16.7. The molecule has 3 aliphatic heterocycles. The number of hydrogen-bond acceptors (Lipinski definition) is 19. The molecule has 0 saturated carbocycles. The summed E-state index contributed by atoms with van der Waals surface area (Å²) in [5, 5.41) is 25.1. The number of pyridine rings is 1. The molecule has 3 aliphatic rings. The molecule has 16 atom stereocenters. The molecule has 4 rings (SSSR count). The van der Waals surface area contributed by atoms with Gasteiger partial charge in [0.1, 0.15) is 24.4 Å². The topological polar surface area (TPSA) is 220 Å². The number of aliphatic hydroxyl groups excluding tert-OH is 2. The summed E-state index contributed by atoms with van der Waals surface area (Å²) < 4.78 is 61.8. The highest BCUT2D eigenvalue weighted by Crippen LogP contribution is 2.43. The second-order valence-corrected chi connectivity index (χ2v) is 19.9. The van der Waals surface area contributed by atoms with Gasteiger partial charge < -0.3 is 67.4 Å². The monoisotopic (exact) mass is 996 g/mol. The van der Waals surface area contributed by atoms with E-state index in [0.29, 0.717) is 32.5 Å². The van der Waals surface area contributed by atoms with Crippen molar-refractivity contribution in [2.24, 2.45) is 17.8 Å². The lowest BCUT2D eigenvalue weighted by Gasteiger charge is -2.53. The van der Waals surface area contributed by atoms with Crippen molar-refractivity contribution in [3.05, 3.63) is 30.1 Å². The summed E-state index contributed by atoms with van der Waals surface area (Å²) in [5.41, 5.74) is -0.160. The first kappa shape index (κ1) is 59.2. The molecule has 3 fully saturated rings. The second kappa shape index (κ2) is 28.2. The minimum Gasteiger partial charge on any atom is -0.463 e. The van der Waals surface area contributed by atoms with E-state index in [1.807, 2.05) is 51.9 Å². The molecule has 400 valence electrons. The van der Waals surface area contributed by atoms with Crippen LogP contribution in [-0.4, -0.2) is 189 Å². The Labute approximate surface area is 415 Å². The normalized spacial score (nSPS) is 35.3. The fraction of sp³-hybridized carbons (Fsp3) is 0.824. The first-order valence-electron chi connectivity index (χ1n) is 25.1. The molecule has 19 nitrogen and oxygen atoms in total. The molecule has 0 amide bonds. The van der Waals surface area contributed by atoms with Crippen LogP contribution in [0.4, 0.5) is 0 Å². The summed E-state index contributed by atoms with van der Waals surface area (Å²) in [6.45, 7) is 15.2. The fourth-order valence-corrected chi connectivity index (χ4v) is 10.6. The Kier molecular flexibility index (Phi) is 23.8. The number of likely N-dealkylation sites (N-methyl/N-ethyl adjacent to an activating group) is 1. The molecule has 70 heavy (non-hydrogen) atoms. The number of aryl methyl sites for hydroxylation is 1. The number of carbonyl (C=O) groups is 4. The van der Waals surface area contributed by atoms with E-state index in [2.05, 4.69) is 9.88 Å². The Bertz CT molecular complexity index is 1760. The van der Waals surface area contributed by atoms with Gasteiger partial charge in [0.25, 0.3) is 0 Å². The van der Waals surface area contributed by atoms with Crippen LogP contribution in [0.5, 0.6) is 0 Å². The Hall–Kier alpha value is -3.37. The molecule has 0 spiro atoms. The van der Waals surface area contributed by atoms with Crippen LogP contribution < -0.4 is 0 Å². The minimum absolute atomic E-state index is 0.00504. The lowest BCUT2D eigenvalue weighted by molar-refractivity contribution is -0.320. The molecule has 0 radical (unpaired) electrons. The maximum absolute atomic E-state index is 14.0. The summed E-state index contributed by atoms with van der Waals surface area (Å²) in [4.78, 5) is 60.5. The van der Waals surface area contributed by atoms with Crippen molar-refractivity contribution in [1.29, 1.82) is 0 Å². The number of β-amino-alcohol motifs (C(OH)–C–C–N with tert-alkyl or cyclic N) is 1. The van der Waals surface area contributed by atoms with E-state index in [-0.39, 0.29) is 38.0 Å². The van der Waals surface area contributed by atoms with Gasteiger partial charge in [0.15, 0.2) is 24.3 Å². The lowest BCUT2D eigenvalue weighted by atomic mass is 9.70. The van der Waals surface area contributed by atoms with Gasteiger partial charge in [0.2, 0.25) is 0 Å². The smallest absolute Gasteiger partial charge is 0.309 e. The van der Waals surface area contributed by atoms with Gasteiger partial charge >= 0.3 is 23.9 Å². The first-order valence-corrected chi connectivity index (χ1v) is 25.1. The quantitative estimate of drug-likeness (QED) is 0.119. The third-order valence-electron chi connectivity index (χ3n) is 14.2. The van der Waals surface area contributed by atoms with Gasteiger partial charge in [-0.15, -0.1) is 0 Å². The number of methoxy groups -OCH3 is 3.